The van der Waals surface area contributed by atoms with Crippen LogP contribution in [0.2, 0.25) is 0 Å². The zero-order valence-corrected chi connectivity index (χ0v) is 9.90. The Bertz CT molecular complexity index is 323. The Morgan fingerprint density at radius 2 is 1.81 bits per heavy atom. The molecule has 0 fully saturated rings. The van der Waals surface area contributed by atoms with E-state index in [1.807, 2.05) is 32.0 Å². The number of rotatable bonds is 5. The van der Waals surface area contributed by atoms with Gasteiger partial charge in [0.2, 0.25) is 0 Å². The van der Waals surface area contributed by atoms with Crippen molar-refractivity contribution >= 4 is 5.97 Å². The molecule has 0 radical (unpaired) electrons. The lowest BCUT2D eigenvalue weighted by atomic mass is 9.97. The SMILES string of the molecule is CCC(CC)(CN)OC(=O)c1ccccc1. The van der Waals surface area contributed by atoms with Crippen LogP contribution in [-0.2, 0) is 4.74 Å². The van der Waals surface area contributed by atoms with Crippen molar-refractivity contribution in [2.45, 2.75) is 32.3 Å². The first-order valence-electron chi connectivity index (χ1n) is 5.66. The fourth-order valence-electron chi connectivity index (χ4n) is 1.55. The molecule has 1 aromatic rings. The molecule has 0 aliphatic heterocycles. The molecule has 0 unspecified atom stereocenters. The van der Waals surface area contributed by atoms with Gasteiger partial charge in [-0.1, -0.05) is 32.0 Å². The van der Waals surface area contributed by atoms with Crippen LogP contribution in [0.15, 0.2) is 30.3 Å². The monoisotopic (exact) mass is 221 g/mol. The van der Waals surface area contributed by atoms with Crippen LogP contribution in [0.3, 0.4) is 0 Å². The van der Waals surface area contributed by atoms with Gasteiger partial charge in [-0.3, -0.25) is 0 Å². The van der Waals surface area contributed by atoms with Gasteiger partial charge in [-0.2, -0.15) is 0 Å². The first-order valence-corrected chi connectivity index (χ1v) is 5.66. The van der Waals surface area contributed by atoms with Crippen molar-refractivity contribution in [3.05, 3.63) is 35.9 Å². The molecule has 3 heteroatoms. The molecule has 2 N–H and O–H groups in total. The summed E-state index contributed by atoms with van der Waals surface area (Å²) in [6, 6.07) is 8.99. The average Bonchev–Trinajstić information content (AvgIpc) is 2.37. The Morgan fingerprint density at radius 3 is 2.25 bits per heavy atom. The maximum atomic E-state index is 11.9. The number of esters is 1. The third-order valence-electron chi connectivity index (χ3n) is 2.98. The lowest BCUT2D eigenvalue weighted by molar-refractivity contribution is -0.0181. The summed E-state index contributed by atoms with van der Waals surface area (Å²) >= 11 is 0. The van der Waals surface area contributed by atoms with E-state index in [9.17, 15) is 4.79 Å². The fourth-order valence-corrected chi connectivity index (χ4v) is 1.55. The predicted molar refractivity (Wildman–Crippen MR) is 64.2 cm³/mol. The largest absolute Gasteiger partial charge is 0.454 e. The second kappa shape index (κ2) is 5.66. The molecule has 0 atom stereocenters. The molecule has 88 valence electrons. The molecular weight excluding hydrogens is 202 g/mol. The minimum Gasteiger partial charge on any atom is -0.454 e. The summed E-state index contributed by atoms with van der Waals surface area (Å²) < 4.78 is 5.51. The van der Waals surface area contributed by atoms with E-state index >= 15 is 0 Å². The number of ether oxygens (including phenoxy) is 1. The van der Waals surface area contributed by atoms with Crippen molar-refractivity contribution in [2.75, 3.05) is 6.54 Å². The summed E-state index contributed by atoms with van der Waals surface area (Å²) in [4.78, 5) is 11.9. The predicted octanol–water partition coefficient (Wildman–Crippen LogP) is 2.36. The van der Waals surface area contributed by atoms with Gasteiger partial charge < -0.3 is 10.5 Å². The molecule has 16 heavy (non-hydrogen) atoms. The average molecular weight is 221 g/mol. The molecular formula is C13H19NO2. The summed E-state index contributed by atoms with van der Waals surface area (Å²) in [5.74, 6) is -0.297. The summed E-state index contributed by atoms with van der Waals surface area (Å²) in [5, 5.41) is 0. The summed E-state index contributed by atoms with van der Waals surface area (Å²) in [7, 11) is 0. The van der Waals surface area contributed by atoms with Crippen LogP contribution in [0.25, 0.3) is 0 Å². The van der Waals surface area contributed by atoms with Crippen LogP contribution < -0.4 is 5.73 Å². The maximum absolute atomic E-state index is 11.9. The van der Waals surface area contributed by atoms with Crippen molar-refractivity contribution in [1.29, 1.82) is 0 Å². The van der Waals surface area contributed by atoms with E-state index in [1.54, 1.807) is 12.1 Å². The zero-order chi connectivity index (χ0) is 12.0. The number of nitrogens with two attached hydrogens (primary N) is 1. The highest BCUT2D eigenvalue weighted by Crippen LogP contribution is 2.20. The molecule has 0 saturated heterocycles. The van der Waals surface area contributed by atoms with Crippen LogP contribution in [0, 0.1) is 0 Å². The Labute approximate surface area is 96.6 Å². The van der Waals surface area contributed by atoms with Crippen molar-refractivity contribution in [3.63, 3.8) is 0 Å². The van der Waals surface area contributed by atoms with E-state index in [2.05, 4.69) is 0 Å². The van der Waals surface area contributed by atoms with E-state index in [0.29, 0.717) is 12.1 Å². The minimum atomic E-state index is -0.521. The standard InChI is InChI=1S/C13H19NO2/c1-3-13(4-2,10-14)16-12(15)11-8-6-5-7-9-11/h5-9H,3-4,10,14H2,1-2H3. The van der Waals surface area contributed by atoms with Gasteiger partial charge in [-0.05, 0) is 25.0 Å². The van der Waals surface area contributed by atoms with Gasteiger partial charge in [0.05, 0.1) is 5.56 Å². The lowest BCUT2D eigenvalue weighted by Gasteiger charge is -2.30. The number of benzene rings is 1. The molecule has 3 nitrogen and oxygen atoms in total. The van der Waals surface area contributed by atoms with E-state index in [-0.39, 0.29) is 5.97 Å². The number of hydrogen-bond acceptors (Lipinski definition) is 3. The second-order valence-corrected chi connectivity index (χ2v) is 3.85. The molecule has 0 aromatic heterocycles. The second-order valence-electron chi connectivity index (χ2n) is 3.85. The van der Waals surface area contributed by atoms with Gasteiger partial charge in [0.15, 0.2) is 0 Å². The van der Waals surface area contributed by atoms with Crippen molar-refractivity contribution < 1.29 is 9.53 Å². The Balaban J connectivity index is 2.77. The van der Waals surface area contributed by atoms with Gasteiger partial charge >= 0.3 is 5.97 Å². The minimum absolute atomic E-state index is 0.297. The maximum Gasteiger partial charge on any atom is 0.338 e. The smallest absolute Gasteiger partial charge is 0.338 e. The molecule has 0 saturated carbocycles. The summed E-state index contributed by atoms with van der Waals surface area (Å²) in [5.41, 5.74) is 5.73. The Kier molecular flexibility index (Phi) is 4.50. The highest BCUT2D eigenvalue weighted by molar-refractivity contribution is 5.89. The molecule has 0 aliphatic rings. The van der Waals surface area contributed by atoms with Crippen molar-refractivity contribution in [2.24, 2.45) is 5.73 Å². The van der Waals surface area contributed by atoms with Crippen LogP contribution in [-0.4, -0.2) is 18.1 Å². The molecule has 0 spiro atoms. The van der Waals surface area contributed by atoms with Gasteiger partial charge in [0, 0.05) is 6.54 Å². The molecule has 0 aliphatic carbocycles. The highest BCUT2D eigenvalue weighted by Gasteiger charge is 2.29. The molecule has 1 rings (SSSR count). The van der Waals surface area contributed by atoms with Crippen LogP contribution in [0.4, 0.5) is 0 Å². The summed E-state index contributed by atoms with van der Waals surface area (Å²) in [6.45, 7) is 4.32. The lowest BCUT2D eigenvalue weighted by Crippen LogP contribution is -2.41. The zero-order valence-electron chi connectivity index (χ0n) is 9.90. The summed E-state index contributed by atoms with van der Waals surface area (Å²) in [6.07, 6.45) is 1.47. The van der Waals surface area contributed by atoms with Crippen LogP contribution >= 0.6 is 0 Å². The number of hydrogen-bond donors (Lipinski definition) is 1. The number of carbonyl (C=O) groups excluding carboxylic acids is 1. The van der Waals surface area contributed by atoms with Gasteiger partial charge in [-0.25, -0.2) is 4.79 Å². The first kappa shape index (κ1) is 12.7. The fraction of sp³-hybridized carbons (Fsp3) is 0.462. The van der Waals surface area contributed by atoms with Crippen LogP contribution in [0.5, 0.6) is 0 Å². The third-order valence-corrected chi connectivity index (χ3v) is 2.98. The Hall–Kier alpha value is -1.35. The Morgan fingerprint density at radius 1 is 1.25 bits per heavy atom. The topological polar surface area (TPSA) is 52.3 Å². The van der Waals surface area contributed by atoms with Gasteiger partial charge in [0.1, 0.15) is 5.60 Å². The molecule has 1 aromatic carbocycles. The molecule has 0 amide bonds. The third kappa shape index (κ3) is 2.83. The van der Waals surface area contributed by atoms with E-state index in [0.717, 1.165) is 12.8 Å². The molecule has 0 heterocycles. The van der Waals surface area contributed by atoms with E-state index in [1.165, 1.54) is 0 Å². The molecule has 0 bridgehead atoms. The normalized spacial score (nSPS) is 11.2. The van der Waals surface area contributed by atoms with Crippen LogP contribution in [0.1, 0.15) is 37.0 Å². The number of carbonyl (C=O) groups is 1. The van der Waals surface area contributed by atoms with Crippen molar-refractivity contribution in [1.82, 2.24) is 0 Å². The highest BCUT2D eigenvalue weighted by atomic mass is 16.6. The van der Waals surface area contributed by atoms with E-state index in [4.69, 9.17) is 10.5 Å². The van der Waals surface area contributed by atoms with Gasteiger partial charge in [-0.15, -0.1) is 0 Å². The first-order chi connectivity index (χ1) is 7.67. The van der Waals surface area contributed by atoms with Crippen molar-refractivity contribution in [3.8, 4) is 0 Å². The van der Waals surface area contributed by atoms with Gasteiger partial charge in [0.25, 0.3) is 0 Å². The quantitative estimate of drug-likeness (QED) is 0.776. The van der Waals surface area contributed by atoms with E-state index < -0.39 is 5.60 Å².